The van der Waals surface area contributed by atoms with Crippen LogP contribution in [-0.2, 0) is 14.9 Å². The lowest BCUT2D eigenvalue weighted by Gasteiger charge is -2.12. The number of ether oxygens (including phenoxy) is 1. The minimum Gasteiger partial charge on any atom is -0.482 e. The fraction of sp³-hybridized carbons (Fsp3) is 0.158. The van der Waals surface area contributed by atoms with Gasteiger partial charge < -0.3 is 9.84 Å². The zero-order valence-electron chi connectivity index (χ0n) is 15.0. The van der Waals surface area contributed by atoms with Crippen molar-refractivity contribution in [1.29, 1.82) is 0 Å². The van der Waals surface area contributed by atoms with E-state index in [9.17, 15) is 17.8 Å². The lowest BCUT2D eigenvalue weighted by molar-refractivity contribution is -0.139. The fourth-order valence-electron chi connectivity index (χ4n) is 2.70. The molecule has 0 unspecified atom stereocenters. The van der Waals surface area contributed by atoms with Crippen molar-refractivity contribution in [3.05, 3.63) is 53.0 Å². The fourth-order valence-corrected chi connectivity index (χ4v) is 4.61. The topological polar surface area (TPSA) is 114 Å². The third kappa shape index (κ3) is 4.22. The molecule has 0 atom stereocenters. The minimum absolute atomic E-state index is 0.251. The highest BCUT2D eigenvalue weighted by molar-refractivity contribution is 7.86. The molecule has 0 saturated heterocycles. The number of carboxylic acids is 1. The Kier molecular flexibility index (Phi) is 5.50. The van der Waals surface area contributed by atoms with Gasteiger partial charge in [-0.2, -0.15) is 8.42 Å². The van der Waals surface area contributed by atoms with E-state index in [0.29, 0.717) is 16.1 Å². The molecule has 3 aromatic rings. The summed E-state index contributed by atoms with van der Waals surface area (Å²) in [7, 11) is -4.57. The van der Waals surface area contributed by atoms with Gasteiger partial charge >= 0.3 is 5.97 Å². The van der Waals surface area contributed by atoms with Crippen LogP contribution < -0.4 is 4.74 Å². The van der Waals surface area contributed by atoms with Crippen LogP contribution in [0.4, 0.5) is 0 Å². The van der Waals surface area contributed by atoms with Crippen molar-refractivity contribution in [2.75, 3.05) is 6.61 Å². The SMILES string of the molecule is Cc1nc(-c2cccc(-c3cccc(OCC(=O)O)c3)c2S(=O)(=O)O)sc1C. The normalized spacial score (nSPS) is 11.4. The van der Waals surface area contributed by atoms with E-state index in [1.807, 2.05) is 13.8 Å². The Hall–Kier alpha value is -2.75. The number of benzene rings is 2. The van der Waals surface area contributed by atoms with Crippen LogP contribution in [0.15, 0.2) is 47.4 Å². The molecule has 2 N–H and O–H groups in total. The van der Waals surface area contributed by atoms with Crippen LogP contribution in [0.25, 0.3) is 21.7 Å². The van der Waals surface area contributed by atoms with Crippen LogP contribution >= 0.6 is 11.3 Å². The van der Waals surface area contributed by atoms with E-state index in [0.717, 1.165) is 10.6 Å². The van der Waals surface area contributed by atoms with E-state index < -0.39 is 22.7 Å². The van der Waals surface area contributed by atoms with Crippen LogP contribution in [0.1, 0.15) is 10.6 Å². The van der Waals surface area contributed by atoms with Gasteiger partial charge in [-0.3, -0.25) is 4.55 Å². The third-order valence-electron chi connectivity index (χ3n) is 4.04. The van der Waals surface area contributed by atoms with Gasteiger partial charge in [0.15, 0.2) is 6.61 Å². The second-order valence-electron chi connectivity index (χ2n) is 6.03. The third-order valence-corrected chi connectivity index (χ3v) is 6.10. The summed E-state index contributed by atoms with van der Waals surface area (Å²) in [6, 6.07) is 11.2. The molecule has 0 bridgehead atoms. The Balaban J connectivity index is 2.18. The number of aliphatic carboxylic acids is 1. The van der Waals surface area contributed by atoms with Crippen LogP contribution in [0, 0.1) is 13.8 Å². The van der Waals surface area contributed by atoms with Gasteiger partial charge in [-0.15, -0.1) is 11.3 Å². The standard InChI is InChI=1S/C19H17NO6S2/c1-11-12(2)27-19(20-11)16-8-4-7-15(18(16)28(23,24)25)13-5-3-6-14(9-13)26-10-17(21)22/h3-9H,10H2,1-2H3,(H,21,22)(H,23,24,25). The number of thiazole rings is 1. The monoisotopic (exact) mass is 419 g/mol. The summed E-state index contributed by atoms with van der Waals surface area (Å²) in [4.78, 5) is 15.8. The van der Waals surface area contributed by atoms with Crippen molar-refractivity contribution in [3.8, 4) is 27.4 Å². The highest BCUT2D eigenvalue weighted by atomic mass is 32.2. The first kappa shape index (κ1) is 20.0. The van der Waals surface area contributed by atoms with Gasteiger partial charge in [-0.05, 0) is 31.5 Å². The Morgan fingerprint density at radius 1 is 1.14 bits per heavy atom. The van der Waals surface area contributed by atoms with Gasteiger partial charge in [-0.1, -0.05) is 30.3 Å². The lowest BCUT2D eigenvalue weighted by Crippen LogP contribution is -2.09. The summed E-state index contributed by atoms with van der Waals surface area (Å²) in [6.45, 7) is 3.19. The smallest absolute Gasteiger partial charge is 0.341 e. The molecule has 1 aromatic heterocycles. The van der Waals surface area contributed by atoms with E-state index in [4.69, 9.17) is 9.84 Å². The molecule has 0 saturated carbocycles. The second-order valence-corrected chi connectivity index (χ2v) is 8.59. The van der Waals surface area contributed by atoms with E-state index in [-0.39, 0.29) is 16.2 Å². The molecule has 0 aliphatic heterocycles. The summed E-state index contributed by atoms with van der Waals surface area (Å²) in [5, 5.41) is 9.24. The molecule has 146 valence electrons. The quantitative estimate of drug-likeness (QED) is 0.584. The van der Waals surface area contributed by atoms with Gasteiger partial charge in [0, 0.05) is 16.0 Å². The van der Waals surface area contributed by atoms with Crippen molar-refractivity contribution in [3.63, 3.8) is 0 Å². The highest BCUT2D eigenvalue weighted by Crippen LogP contribution is 2.38. The maximum atomic E-state index is 12.2. The molecule has 2 aromatic carbocycles. The molecule has 9 heteroatoms. The number of aromatic nitrogens is 1. The lowest BCUT2D eigenvalue weighted by atomic mass is 10.0. The van der Waals surface area contributed by atoms with E-state index >= 15 is 0 Å². The summed E-state index contributed by atoms with van der Waals surface area (Å²) in [6.07, 6.45) is 0. The molecule has 7 nitrogen and oxygen atoms in total. The number of rotatable bonds is 6. The van der Waals surface area contributed by atoms with Crippen molar-refractivity contribution in [2.45, 2.75) is 18.7 Å². The average molecular weight is 419 g/mol. The second kappa shape index (κ2) is 7.70. The Labute approximate surface area is 166 Å². The molecule has 1 heterocycles. The number of hydrogen-bond donors (Lipinski definition) is 2. The van der Waals surface area contributed by atoms with Crippen LogP contribution in [0.2, 0.25) is 0 Å². The van der Waals surface area contributed by atoms with Gasteiger partial charge in [0.1, 0.15) is 15.7 Å². The van der Waals surface area contributed by atoms with Crippen LogP contribution in [0.5, 0.6) is 5.75 Å². The Morgan fingerprint density at radius 3 is 2.43 bits per heavy atom. The first-order valence-corrected chi connectivity index (χ1v) is 10.4. The summed E-state index contributed by atoms with van der Waals surface area (Å²) in [5.41, 5.74) is 1.82. The van der Waals surface area contributed by atoms with Gasteiger partial charge in [0.05, 0.1) is 5.69 Å². The van der Waals surface area contributed by atoms with Crippen molar-refractivity contribution in [2.24, 2.45) is 0 Å². The molecule has 0 radical (unpaired) electrons. The molecule has 0 fully saturated rings. The molecular formula is C19H17NO6S2. The molecule has 0 spiro atoms. The maximum Gasteiger partial charge on any atom is 0.341 e. The molecule has 28 heavy (non-hydrogen) atoms. The highest BCUT2D eigenvalue weighted by Gasteiger charge is 2.24. The van der Waals surface area contributed by atoms with Crippen molar-refractivity contribution < 1.29 is 27.6 Å². The average Bonchev–Trinajstić information content (AvgIpc) is 2.97. The Bertz CT molecular complexity index is 1130. The predicted octanol–water partition coefficient (Wildman–Crippen LogP) is 3.80. The van der Waals surface area contributed by atoms with Gasteiger partial charge in [-0.25, -0.2) is 9.78 Å². The van der Waals surface area contributed by atoms with Crippen molar-refractivity contribution >= 4 is 27.4 Å². The summed E-state index contributed by atoms with van der Waals surface area (Å²) < 4.78 is 39.6. The first-order valence-electron chi connectivity index (χ1n) is 8.16. The number of carbonyl (C=O) groups is 1. The summed E-state index contributed by atoms with van der Waals surface area (Å²) in [5.74, 6) is -0.854. The maximum absolute atomic E-state index is 12.2. The zero-order chi connectivity index (χ0) is 20.5. The number of carboxylic acid groups (broad SMARTS) is 1. The van der Waals surface area contributed by atoms with Crippen LogP contribution in [0.3, 0.4) is 0 Å². The van der Waals surface area contributed by atoms with Crippen molar-refractivity contribution in [1.82, 2.24) is 4.98 Å². The first-order chi connectivity index (χ1) is 13.2. The Morgan fingerprint density at radius 2 is 1.82 bits per heavy atom. The van der Waals surface area contributed by atoms with E-state index in [1.165, 1.54) is 17.4 Å². The number of aryl methyl sites for hydroxylation is 2. The zero-order valence-corrected chi connectivity index (χ0v) is 16.7. The van der Waals surface area contributed by atoms with E-state index in [2.05, 4.69) is 4.98 Å². The molecule has 0 amide bonds. The number of hydrogen-bond acceptors (Lipinski definition) is 6. The minimum atomic E-state index is -4.57. The predicted molar refractivity (Wildman–Crippen MR) is 105 cm³/mol. The summed E-state index contributed by atoms with van der Waals surface area (Å²) >= 11 is 1.34. The van der Waals surface area contributed by atoms with Crippen LogP contribution in [-0.4, -0.2) is 35.6 Å². The molecule has 0 aliphatic carbocycles. The molecule has 0 aliphatic rings. The van der Waals surface area contributed by atoms with E-state index in [1.54, 1.807) is 36.4 Å². The largest absolute Gasteiger partial charge is 0.482 e. The molecule has 3 rings (SSSR count). The van der Waals surface area contributed by atoms with Gasteiger partial charge in [0.2, 0.25) is 0 Å². The molecular weight excluding hydrogens is 402 g/mol. The van der Waals surface area contributed by atoms with Gasteiger partial charge in [0.25, 0.3) is 10.1 Å². The number of nitrogens with zero attached hydrogens (tertiary/aromatic N) is 1.